The molecule has 0 saturated carbocycles. The summed E-state index contributed by atoms with van der Waals surface area (Å²) in [6.07, 6.45) is 7.98. The summed E-state index contributed by atoms with van der Waals surface area (Å²) in [4.78, 5) is 29.4. The van der Waals surface area contributed by atoms with Gasteiger partial charge in [-0.05, 0) is 48.6 Å². The zero-order valence-corrected chi connectivity index (χ0v) is 21.5. The number of carboxylic acids is 1. The molecule has 0 fully saturated rings. The molecule has 0 bridgehead atoms. The van der Waals surface area contributed by atoms with Crippen molar-refractivity contribution in [3.8, 4) is 0 Å². The summed E-state index contributed by atoms with van der Waals surface area (Å²) in [6, 6.07) is 13.8. The molecule has 0 radical (unpaired) electrons. The summed E-state index contributed by atoms with van der Waals surface area (Å²) in [5.74, 6) is -0.616. The predicted molar refractivity (Wildman–Crippen MR) is 151 cm³/mol. The second-order valence-electron chi connectivity index (χ2n) is 8.52. The molecule has 7 nitrogen and oxygen atoms in total. The summed E-state index contributed by atoms with van der Waals surface area (Å²) < 4.78 is 7.12. The van der Waals surface area contributed by atoms with Gasteiger partial charge in [-0.3, -0.25) is 14.2 Å². The number of carbonyl (C=O) groups is 1. The van der Waals surface area contributed by atoms with Crippen LogP contribution in [0.5, 0.6) is 0 Å². The lowest BCUT2D eigenvalue weighted by Gasteiger charge is -2.18. The van der Waals surface area contributed by atoms with Gasteiger partial charge in [0.25, 0.3) is 5.56 Å². The number of nitrogens with one attached hydrogen (secondary N) is 1. The molecule has 4 aromatic rings. The van der Waals surface area contributed by atoms with Crippen molar-refractivity contribution in [3.05, 3.63) is 102 Å². The second-order valence-corrected chi connectivity index (χ2v) is 8.52. The summed E-state index contributed by atoms with van der Waals surface area (Å²) in [5, 5.41) is 14.7. The van der Waals surface area contributed by atoms with Crippen LogP contribution in [0.4, 0.5) is 5.69 Å². The van der Waals surface area contributed by atoms with Crippen LogP contribution in [0.3, 0.4) is 0 Å². The fourth-order valence-electron chi connectivity index (χ4n) is 4.09. The minimum Gasteiger partial charge on any atom is -0.480 e. The Morgan fingerprint density at radius 2 is 1.92 bits per heavy atom. The van der Waals surface area contributed by atoms with Crippen LogP contribution < -0.4 is 10.9 Å². The van der Waals surface area contributed by atoms with Crippen LogP contribution in [0.25, 0.3) is 27.5 Å². The molecule has 1 unspecified atom stereocenters. The summed E-state index contributed by atoms with van der Waals surface area (Å²) >= 11 is 0. The molecule has 192 valence electrons. The third-order valence-corrected chi connectivity index (χ3v) is 6.13. The second kappa shape index (κ2) is 12.5. The fraction of sp³-hybridized carbons (Fsp3) is 0.233. The summed E-state index contributed by atoms with van der Waals surface area (Å²) in [5.41, 5.74) is 3.25. The monoisotopic (exact) mass is 499 g/mol. The molecule has 7 heteroatoms. The average Bonchev–Trinajstić information content (AvgIpc) is 3.28. The van der Waals surface area contributed by atoms with Crippen LogP contribution in [0.1, 0.15) is 38.6 Å². The maximum atomic E-state index is 13.3. The van der Waals surface area contributed by atoms with E-state index in [0.29, 0.717) is 12.4 Å². The molecular weight excluding hydrogens is 466 g/mol. The number of benzene rings is 2. The molecule has 4 rings (SSSR count). The Morgan fingerprint density at radius 1 is 1.19 bits per heavy atom. The highest BCUT2D eigenvalue weighted by Gasteiger charge is 2.19. The Kier molecular flexibility index (Phi) is 9.21. The first-order valence-corrected chi connectivity index (χ1v) is 12.2. The molecule has 0 aliphatic heterocycles. The van der Waals surface area contributed by atoms with E-state index in [4.69, 9.17) is 4.42 Å². The minimum atomic E-state index is -1.10. The predicted octanol–water partition coefficient (Wildman–Crippen LogP) is 6.65. The van der Waals surface area contributed by atoms with Crippen LogP contribution in [-0.2, 0) is 17.9 Å². The number of hydrogen-bond donors (Lipinski definition) is 2. The Bertz CT molecular complexity index is 1510. The van der Waals surface area contributed by atoms with Gasteiger partial charge in [0.15, 0.2) is 0 Å². The Balaban J connectivity index is 0.00000186. The Hall–Kier alpha value is -4.39. The number of rotatable bonds is 9. The van der Waals surface area contributed by atoms with Crippen molar-refractivity contribution in [1.29, 1.82) is 0 Å². The van der Waals surface area contributed by atoms with Crippen molar-refractivity contribution in [3.63, 3.8) is 0 Å². The number of aliphatic carboxylic acids is 1. The van der Waals surface area contributed by atoms with Crippen LogP contribution in [0.2, 0.25) is 0 Å². The molecule has 2 aromatic heterocycles. The van der Waals surface area contributed by atoms with E-state index in [1.807, 2.05) is 81.5 Å². The van der Waals surface area contributed by atoms with E-state index in [0.717, 1.165) is 39.5 Å². The van der Waals surface area contributed by atoms with Crippen molar-refractivity contribution >= 4 is 39.2 Å². The largest absolute Gasteiger partial charge is 0.480 e. The zero-order chi connectivity index (χ0) is 26.9. The lowest BCUT2D eigenvalue weighted by molar-refractivity contribution is -0.137. The first-order valence-electron chi connectivity index (χ1n) is 12.2. The van der Waals surface area contributed by atoms with Gasteiger partial charge >= 0.3 is 5.97 Å². The van der Waals surface area contributed by atoms with Gasteiger partial charge in [0.2, 0.25) is 0 Å². The smallest absolute Gasteiger partial charge is 0.323 e. The van der Waals surface area contributed by atoms with E-state index >= 15 is 0 Å². The molecule has 0 saturated heterocycles. The van der Waals surface area contributed by atoms with E-state index in [9.17, 15) is 14.7 Å². The van der Waals surface area contributed by atoms with Gasteiger partial charge in [-0.15, -0.1) is 13.2 Å². The number of furan rings is 1. The van der Waals surface area contributed by atoms with Crippen molar-refractivity contribution in [2.45, 2.75) is 40.3 Å². The van der Waals surface area contributed by atoms with E-state index in [2.05, 4.69) is 23.5 Å². The number of fused-ring (bicyclic) bond motifs is 3. The number of nitrogens with zero attached hydrogens (tertiary/aromatic N) is 2. The molecule has 0 aliphatic rings. The summed E-state index contributed by atoms with van der Waals surface area (Å²) in [6.45, 7) is 11.9. The quantitative estimate of drug-likeness (QED) is 0.198. The summed E-state index contributed by atoms with van der Waals surface area (Å²) in [7, 11) is 0. The zero-order valence-electron chi connectivity index (χ0n) is 21.5. The third kappa shape index (κ3) is 6.06. The first-order chi connectivity index (χ1) is 17.9. The van der Waals surface area contributed by atoms with Crippen molar-refractivity contribution in [1.82, 2.24) is 9.55 Å². The number of para-hydroxylation sites is 1. The average molecular weight is 500 g/mol. The molecule has 1 atom stereocenters. The van der Waals surface area contributed by atoms with E-state index in [1.54, 1.807) is 0 Å². The molecule has 37 heavy (non-hydrogen) atoms. The molecule has 2 aromatic carbocycles. The number of allylic oxidation sites excluding steroid dienone is 4. The lowest BCUT2D eigenvalue weighted by atomic mass is 9.96. The van der Waals surface area contributed by atoms with Crippen LogP contribution >= 0.6 is 0 Å². The molecule has 2 heterocycles. The molecule has 0 spiro atoms. The highest BCUT2D eigenvalue weighted by atomic mass is 16.4. The van der Waals surface area contributed by atoms with Gasteiger partial charge in [0, 0.05) is 17.3 Å². The van der Waals surface area contributed by atoms with E-state index in [1.165, 1.54) is 10.8 Å². The van der Waals surface area contributed by atoms with E-state index < -0.39 is 18.1 Å². The third-order valence-electron chi connectivity index (χ3n) is 6.13. The SMILES string of the molecule is C/C=C\C=C(\c1ncc(NCc2ccc3oc4ccccc4c3c2)c(=O)n1CC(=O)O)C(C)CC.C=C. The number of aromatic nitrogens is 2. The van der Waals surface area contributed by atoms with Crippen molar-refractivity contribution in [2.24, 2.45) is 5.92 Å². The van der Waals surface area contributed by atoms with Gasteiger partial charge in [-0.2, -0.15) is 0 Å². The topological polar surface area (TPSA) is 97.4 Å². The minimum absolute atomic E-state index is 0.105. The fourth-order valence-corrected chi connectivity index (χ4v) is 4.09. The number of carboxylic acid groups (broad SMARTS) is 1. The van der Waals surface area contributed by atoms with Crippen LogP contribution in [0.15, 0.2) is 89.3 Å². The first kappa shape index (κ1) is 27.2. The molecular formula is C30H33N3O4. The number of hydrogen-bond acceptors (Lipinski definition) is 5. The van der Waals surface area contributed by atoms with E-state index in [-0.39, 0.29) is 11.6 Å². The number of anilines is 1. The van der Waals surface area contributed by atoms with Gasteiger partial charge in [-0.25, -0.2) is 4.98 Å². The highest BCUT2D eigenvalue weighted by Crippen LogP contribution is 2.29. The Labute approximate surface area is 216 Å². The maximum Gasteiger partial charge on any atom is 0.323 e. The lowest BCUT2D eigenvalue weighted by Crippen LogP contribution is -2.30. The van der Waals surface area contributed by atoms with Crippen LogP contribution in [-0.4, -0.2) is 20.6 Å². The molecule has 0 amide bonds. The van der Waals surface area contributed by atoms with Gasteiger partial charge in [0.05, 0.1) is 6.20 Å². The maximum absolute atomic E-state index is 13.3. The molecule has 0 aliphatic carbocycles. The van der Waals surface area contributed by atoms with Crippen LogP contribution in [0, 0.1) is 5.92 Å². The van der Waals surface area contributed by atoms with Crippen molar-refractivity contribution < 1.29 is 14.3 Å². The standard InChI is InChI=1S/C28H29N3O4.C2H4/c1-4-6-9-20(18(3)5-2)27-30-16-23(28(34)31(27)17-26(32)33)29-15-19-12-13-25-22(14-19)21-10-7-8-11-24(21)35-25;1-2/h4,6-14,16,18,29H,5,15,17H2,1-3H3,(H,32,33);1-2H2/b6-4-,20-9+;. The normalized spacial score (nSPS) is 12.5. The highest BCUT2D eigenvalue weighted by molar-refractivity contribution is 6.05. The van der Waals surface area contributed by atoms with Gasteiger partial charge in [-0.1, -0.05) is 56.3 Å². The van der Waals surface area contributed by atoms with Gasteiger partial charge in [0.1, 0.15) is 29.2 Å². The molecule has 2 N–H and O–H groups in total. The Morgan fingerprint density at radius 3 is 2.62 bits per heavy atom. The van der Waals surface area contributed by atoms with Gasteiger partial charge < -0.3 is 14.8 Å². The van der Waals surface area contributed by atoms with Crippen molar-refractivity contribution in [2.75, 3.05) is 5.32 Å².